The fraction of sp³-hybridized carbons (Fsp3) is 0.200. The Balaban J connectivity index is 1.59. The number of amides is 1. The number of hydrogen-bond acceptors (Lipinski definition) is 2. The zero-order chi connectivity index (χ0) is 16.9. The first-order valence-corrected chi connectivity index (χ1v) is 7.95. The highest BCUT2D eigenvalue weighted by molar-refractivity contribution is 5.84. The molecule has 0 aliphatic rings. The molecule has 3 rings (SSSR count). The van der Waals surface area contributed by atoms with E-state index in [1.165, 1.54) is 10.9 Å². The number of aromatic amines is 1. The molecule has 120 valence electrons. The average Bonchev–Trinajstić information content (AvgIpc) is 3.03. The summed E-state index contributed by atoms with van der Waals surface area (Å²) in [6.45, 7) is 0.554. The molecule has 1 heterocycles. The predicted octanol–water partition coefficient (Wildman–Crippen LogP) is 3.63. The van der Waals surface area contributed by atoms with Crippen LogP contribution in [0.2, 0.25) is 0 Å². The maximum atomic E-state index is 12.4. The number of H-pyrrole nitrogens is 1. The van der Waals surface area contributed by atoms with Crippen LogP contribution in [-0.4, -0.2) is 22.8 Å². The molecule has 0 atom stereocenters. The van der Waals surface area contributed by atoms with E-state index in [9.17, 15) is 4.79 Å². The number of aromatic nitrogens is 1. The van der Waals surface area contributed by atoms with Crippen molar-refractivity contribution in [3.05, 3.63) is 71.4 Å². The van der Waals surface area contributed by atoms with E-state index in [1.807, 2.05) is 43.6 Å². The van der Waals surface area contributed by atoms with Gasteiger partial charge in [-0.1, -0.05) is 30.3 Å². The van der Waals surface area contributed by atoms with Gasteiger partial charge in [-0.2, -0.15) is 5.26 Å². The lowest BCUT2D eigenvalue weighted by molar-refractivity contribution is -0.130. The lowest BCUT2D eigenvalue weighted by Crippen LogP contribution is -2.26. The molecule has 0 aliphatic carbocycles. The van der Waals surface area contributed by atoms with Crippen molar-refractivity contribution in [1.82, 2.24) is 9.88 Å². The van der Waals surface area contributed by atoms with Crippen LogP contribution in [0, 0.1) is 11.3 Å². The molecule has 0 bridgehead atoms. The van der Waals surface area contributed by atoms with Crippen LogP contribution in [0.4, 0.5) is 0 Å². The number of aryl methyl sites for hydroxylation is 1. The number of benzene rings is 2. The molecule has 0 aliphatic heterocycles. The van der Waals surface area contributed by atoms with Crippen LogP contribution in [-0.2, 0) is 17.8 Å². The third-order valence-corrected chi connectivity index (χ3v) is 4.21. The van der Waals surface area contributed by atoms with Crippen molar-refractivity contribution >= 4 is 16.8 Å². The Kier molecular flexibility index (Phi) is 4.62. The van der Waals surface area contributed by atoms with Crippen molar-refractivity contribution in [2.75, 3.05) is 7.05 Å². The summed E-state index contributed by atoms with van der Waals surface area (Å²) in [6.07, 6.45) is 3.19. The fourth-order valence-corrected chi connectivity index (χ4v) is 2.82. The number of hydrogen-bond donors (Lipinski definition) is 1. The minimum atomic E-state index is 0.115. The van der Waals surface area contributed by atoms with E-state index in [0.717, 1.165) is 17.5 Å². The van der Waals surface area contributed by atoms with Gasteiger partial charge in [0.1, 0.15) is 0 Å². The molecule has 0 unspecified atom stereocenters. The SMILES string of the molecule is CN(Cc1ccc(C#N)cc1)C(=O)CCc1c[nH]c2ccccc12. The summed E-state index contributed by atoms with van der Waals surface area (Å²) in [5.74, 6) is 0.115. The molecule has 4 heteroatoms. The third kappa shape index (κ3) is 3.47. The summed E-state index contributed by atoms with van der Waals surface area (Å²) in [4.78, 5) is 17.3. The van der Waals surface area contributed by atoms with Crippen molar-refractivity contribution in [2.24, 2.45) is 0 Å². The molecule has 0 saturated heterocycles. The van der Waals surface area contributed by atoms with Gasteiger partial charge in [0.05, 0.1) is 11.6 Å². The highest BCUT2D eigenvalue weighted by Crippen LogP contribution is 2.19. The number of nitrogens with one attached hydrogen (secondary N) is 1. The van der Waals surface area contributed by atoms with Crippen LogP contribution in [0.5, 0.6) is 0 Å². The second-order valence-electron chi connectivity index (χ2n) is 5.92. The number of fused-ring (bicyclic) bond motifs is 1. The van der Waals surface area contributed by atoms with Gasteiger partial charge in [0, 0.05) is 37.1 Å². The van der Waals surface area contributed by atoms with Gasteiger partial charge >= 0.3 is 0 Å². The Morgan fingerprint density at radius 3 is 2.67 bits per heavy atom. The standard InChI is InChI=1S/C20H19N3O/c1-23(14-16-8-6-15(12-21)7-9-16)20(24)11-10-17-13-22-19-5-3-2-4-18(17)19/h2-9,13,22H,10-11,14H2,1H3. The van der Waals surface area contributed by atoms with Gasteiger partial charge in [-0.25, -0.2) is 0 Å². The van der Waals surface area contributed by atoms with E-state index in [2.05, 4.69) is 17.1 Å². The number of para-hydroxylation sites is 1. The average molecular weight is 317 g/mol. The second kappa shape index (κ2) is 7.01. The van der Waals surface area contributed by atoms with E-state index >= 15 is 0 Å². The van der Waals surface area contributed by atoms with Crippen LogP contribution in [0.1, 0.15) is 23.1 Å². The maximum absolute atomic E-state index is 12.4. The lowest BCUT2D eigenvalue weighted by Gasteiger charge is -2.17. The first-order chi connectivity index (χ1) is 11.7. The van der Waals surface area contributed by atoms with E-state index in [0.29, 0.717) is 18.5 Å². The molecular weight excluding hydrogens is 298 g/mol. The Bertz CT molecular complexity index is 887. The highest BCUT2D eigenvalue weighted by Gasteiger charge is 2.11. The Morgan fingerprint density at radius 1 is 1.17 bits per heavy atom. The lowest BCUT2D eigenvalue weighted by atomic mass is 10.1. The minimum Gasteiger partial charge on any atom is -0.361 e. The summed E-state index contributed by atoms with van der Waals surface area (Å²) in [6, 6.07) is 17.6. The van der Waals surface area contributed by atoms with Gasteiger partial charge in [-0.3, -0.25) is 4.79 Å². The molecular formula is C20H19N3O. The van der Waals surface area contributed by atoms with Crippen molar-refractivity contribution in [3.63, 3.8) is 0 Å². The van der Waals surface area contributed by atoms with Gasteiger partial charge in [-0.15, -0.1) is 0 Å². The first kappa shape index (κ1) is 15.8. The van der Waals surface area contributed by atoms with Crippen molar-refractivity contribution in [3.8, 4) is 6.07 Å². The Labute approximate surface area is 141 Å². The molecule has 0 spiro atoms. The molecule has 3 aromatic rings. The summed E-state index contributed by atoms with van der Waals surface area (Å²) in [5.41, 5.74) is 3.93. The summed E-state index contributed by atoms with van der Waals surface area (Å²) < 4.78 is 0. The predicted molar refractivity (Wildman–Crippen MR) is 94.3 cm³/mol. The van der Waals surface area contributed by atoms with Gasteiger partial charge in [0.25, 0.3) is 0 Å². The Hall–Kier alpha value is -3.06. The zero-order valence-corrected chi connectivity index (χ0v) is 13.6. The monoisotopic (exact) mass is 317 g/mol. The molecule has 2 aromatic carbocycles. The van der Waals surface area contributed by atoms with Crippen LogP contribution >= 0.6 is 0 Å². The molecule has 1 amide bonds. The number of nitriles is 1. The molecule has 1 aromatic heterocycles. The number of nitrogens with zero attached hydrogens (tertiary/aromatic N) is 2. The molecule has 0 radical (unpaired) electrons. The maximum Gasteiger partial charge on any atom is 0.222 e. The molecule has 0 fully saturated rings. The molecule has 0 saturated carbocycles. The largest absolute Gasteiger partial charge is 0.361 e. The molecule has 24 heavy (non-hydrogen) atoms. The Morgan fingerprint density at radius 2 is 1.92 bits per heavy atom. The normalized spacial score (nSPS) is 10.5. The van der Waals surface area contributed by atoms with E-state index < -0.39 is 0 Å². The van der Waals surface area contributed by atoms with Crippen molar-refractivity contribution in [2.45, 2.75) is 19.4 Å². The number of carbonyl (C=O) groups is 1. The third-order valence-electron chi connectivity index (χ3n) is 4.21. The number of carbonyl (C=O) groups excluding carboxylic acids is 1. The van der Waals surface area contributed by atoms with E-state index in [-0.39, 0.29) is 5.91 Å². The smallest absolute Gasteiger partial charge is 0.222 e. The summed E-state index contributed by atoms with van der Waals surface area (Å²) >= 11 is 0. The zero-order valence-electron chi connectivity index (χ0n) is 13.6. The van der Waals surface area contributed by atoms with Crippen LogP contribution in [0.3, 0.4) is 0 Å². The van der Waals surface area contributed by atoms with Gasteiger partial charge in [0.2, 0.25) is 5.91 Å². The van der Waals surface area contributed by atoms with Gasteiger partial charge in [0.15, 0.2) is 0 Å². The van der Waals surface area contributed by atoms with Crippen molar-refractivity contribution in [1.29, 1.82) is 5.26 Å². The van der Waals surface area contributed by atoms with Crippen LogP contribution in [0.15, 0.2) is 54.7 Å². The highest BCUT2D eigenvalue weighted by atomic mass is 16.2. The van der Waals surface area contributed by atoms with Crippen LogP contribution in [0.25, 0.3) is 10.9 Å². The van der Waals surface area contributed by atoms with E-state index in [4.69, 9.17) is 5.26 Å². The van der Waals surface area contributed by atoms with Gasteiger partial charge in [-0.05, 0) is 35.7 Å². The van der Waals surface area contributed by atoms with Gasteiger partial charge < -0.3 is 9.88 Å². The minimum absolute atomic E-state index is 0.115. The number of rotatable bonds is 5. The summed E-state index contributed by atoms with van der Waals surface area (Å²) in [7, 11) is 1.82. The molecule has 4 nitrogen and oxygen atoms in total. The second-order valence-corrected chi connectivity index (χ2v) is 5.92. The first-order valence-electron chi connectivity index (χ1n) is 7.95. The quantitative estimate of drug-likeness (QED) is 0.781. The van der Waals surface area contributed by atoms with Crippen LogP contribution < -0.4 is 0 Å². The van der Waals surface area contributed by atoms with E-state index in [1.54, 1.807) is 17.0 Å². The summed E-state index contributed by atoms with van der Waals surface area (Å²) in [5, 5.41) is 10.00. The van der Waals surface area contributed by atoms with Crippen molar-refractivity contribution < 1.29 is 4.79 Å². The fourth-order valence-electron chi connectivity index (χ4n) is 2.82. The topological polar surface area (TPSA) is 59.9 Å². The molecule has 1 N–H and O–H groups in total.